The Morgan fingerprint density at radius 1 is 1.35 bits per heavy atom. The van der Waals surface area contributed by atoms with Gasteiger partial charge < -0.3 is 5.32 Å². The second-order valence-electron chi connectivity index (χ2n) is 6.59. The molecule has 1 aromatic carbocycles. The van der Waals surface area contributed by atoms with Crippen molar-refractivity contribution in [3.8, 4) is 0 Å². The fraction of sp³-hybridized carbons (Fsp3) is 0.667. The van der Waals surface area contributed by atoms with Gasteiger partial charge in [0, 0.05) is 25.2 Å². The summed E-state index contributed by atoms with van der Waals surface area (Å²) in [6, 6.07) is 12.2. The molecule has 1 heterocycles. The molecule has 112 valence electrons. The Morgan fingerprint density at radius 2 is 2.05 bits per heavy atom. The summed E-state index contributed by atoms with van der Waals surface area (Å²) in [5.74, 6) is 0. The summed E-state index contributed by atoms with van der Waals surface area (Å²) in [5, 5.41) is 3.76. The molecule has 0 spiro atoms. The van der Waals surface area contributed by atoms with Crippen molar-refractivity contribution in [1.82, 2.24) is 10.2 Å². The first-order valence-electron chi connectivity index (χ1n) is 8.13. The van der Waals surface area contributed by atoms with Gasteiger partial charge in [0.1, 0.15) is 0 Å². The van der Waals surface area contributed by atoms with E-state index in [4.69, 9.17) is 0 Å². The first-order chi connectivity index (χ1) is 9.57. The highest BCUT2D eigenvalue weighted by Crippen LogP contribution is 2.28. The standard InChI is InChI=1S/C18H30N2/c1-5-6-10-15(2)20-14-18(4,19-13-16(20)3)17-11-8-7-9-12-17/h7-9,11-12,15-16,19H,5-6,10,13-14H2,1-4H3. The molecule has 1 aromatic rings. The molecular formula is C18H30N2. The van der Waals surface area contributed by atoms with Gasteiger partial charge >= 0.3 is 0 Å². The molecule has 1 N–H and O–H groups in total. The van der Waals surface area contributed by atoms with Gasteiger partial charge in [0.15, 0.2) is 0 Å². The molecule has 0 aliphatic carbocycles. The fourth-order valence-corrected chi connectivity index (χ4v) is 3.32. The molecule has 3 atom stereocenters. The summed E-state index contributed by atoms with van der Waals surface area (Å²) in [5.41, 5.74) is 1.48. The van der Waals surface area contributed by atoms with Gasteiger partial charge in [-0.25, -0.2) is 0 Å². The minimum atomic E-state index is 0.0776. The lowest BCUT2D eigenvalue weighted by Crippen LogP contribution is -2.62. The van der Waals surface area contributed by atoms with Crippen molar-refractivity contribution < 1.29 is 0 Å². The summed E-state index contributed by atoms with van der Waals surface area (Å²) in [6.45, 7) is 11.5. The molecule has 1 saturated heterocycles. The van der Waals surface area contributed by atoms with Crippen LogP contribution in [0.25, 0.3) is 0 Å². The van der Waals surface area contributed by atoms with Gasteiger partial charge in [0.25, 0.3) is 0 Å². The van der Waals surface area contributed by atoms with Crippen LogP contribution in [-0.4, -0.2) is 30.1 Å². The van der Waals surface area contributed by atoms with Crippen LogP contribution in [0, 0.1) is 0 Å². The molecule has 2 nitrogen and oxygen atoms in total. The van der Waals surface area contributed by atoms with Gasteiger partial charge in [0.2, 0.25) is 0 Å². The third-order valence-corrected chi connectivity index (χ3v) is 4.81. The Balaban J connectivity index is 2.11. The average Bonchev–Trinajstić information content (AvgIpc) is 2.48. The van der Waals surface area contributed by atoms with Crippen molar-refractivity contribution in [3.05, 3.63) is 35.9 Å². The number of hydrogen-bond acceptors (Lipinski definition) is 2. The molecule has 1 aliphatic heterocycles. The lowest BCUT2D eigenvalue weighted by molar-refractivity contribution is 0.0565. The second kappa shape index (κ2) is 6.73. The summed E-state index contributed by atoms with van der Waals surface area (Å²) in [7, 11) is 0. The van der Waals surface area contributed by atoms with Gasteiger partial charge in [-0.05, 0) is 32.8 Å². The zero-order valence-electron chi connectivity index (χ0n) is 13.5. The molecule has 1 fully saturated rings. The quantitative estimate of drug-likeness (QED) is 0.879. The van der Waals surface area contributed by atoms with E-state index < -0.39 is 0 Å². The summed E-state index contributed by atoms with van der Waals surface area (Å²) in [4.78, 5) is 2.69. The van der Waals surface area contributed by atoms with Crippen LogP contribution >= 0.6 is 0 Å². The predicted molar refractivity (Wildman–Crippen MR) is 87.0 cm³/mol. The molecule has 0 radical (unpaired) electrons. The smallest absolute Gasteiger partial charge is 0.0535 e. The SMILES string of the molecule is CCCCC(C)N1CC(C)(c2ccccc2)NCC1C. The van der Waals surface area contributed by atoms with Crippen molar-refractivity contribution in [2.75, 3.05) is 13.1 Å². The Morgan fingerprint density at radius 3 is 2.70 bits per heavy atom. The van der Waals surface area contributed by atoms with Gasteiger partial charge in [-0.2, -0.15) is 0 Å². The lowest BCUT2D eigenvalue weighted by Gasteiger charge is -2.48. The molecule has 3 unspecified atom stereocenters. The highest BCUT2D eigenvalue weighted by Gasteiger charge is 2.36. The van der Waals surface area contributed by atoms with Gasteiger partial charge in [-0.15, -0.1) is 0 Å². The molecule has 2 heteroatoms. The fourth-order valence-electron chi connectivity index (χ4n) is 3.32. The van der Waals surface area contributed by atoms with E-state index in [-0.39, 0.29) is 5.54 Å². The number of rotatable bonds is 5. The number of unbranched alkanes of at least 4 members (excludes halogenated alkanes) is 1. The van der Waals surface area contributed by atoms with Crippen molar-refractivity contribution in [2.45, 2.75) is 64.6 Å². The zero-order chi connectivity index (χ0) is 14.6. The van der Waals surface area contributed by atoms with Crippen molar-refractivity contribution in [1.29, 1.82) is 0 Å². The zero-order valence-corrected chi connectivity index (χ0v) is 13.5. The van der Waals surface area contributed by atoms with E-state index in [1.807, 2.05) is 0 Å². The van der Waals surface area contributed by atoms with E-state index in [0.29, 0.717) is 12.1 Å². The molecule has 1 aliphatic rings. The van der Waals surface area contributed by atoms with Crippen molar-refractivity contribution in [2.24, 2.45) is 0 Å². The van der Waals surface area contributed by atoms with E-state index in [2.05, 4.69) is 68.2 Å². The van der Waals surface area contributed by atoms with Gasteiger partial charge in [0.05, 0.1) is 5.54 Å². The van der Waals surface area contributed by atoms with E-state index in [1.54, 1.807) is 0 Å². The maximum atomic E-state index is 3.76. The highest BCUT2D eigenvalue weighted by molar-refractivity contribution is 5.25. The Labute approximate surface area is 124 Å². The van der Waals surface area contributed by atoms with Crippen LogP contribution in [0.15, 0.2) is 30.3 Å². The third-order valence-electron chi connectivity index (χ3n) is 4.81. The van der Waals surface area contributed by atoms with Crippen LogP contribution in [0.5, 0.6) is 0 Å². The molecule has 20 heavy (non-hydrogen) atoms. The van der Waals surface area contributed by atoms with Gasteiger partial charge in [-0.3, -0.25) is 4.90 Å². The van der Waals surface area contributed by atoms with Gasteiger partial charge in [-0.1, -0.05) is 50.1 Å². The van der Waals surface area contributed by atoms with Crippen molar-refractivity contribution in [3.63, 3.8) is 0 Å². The van der Waals surface area contributed by atoms with Crippen LogP contribution in [0.2, 0.25) is 0 Å². The maximum Gasteiger partial charge on any atom is 0.0535 e. The minimum Gasteiger partial charge on any atom is -0.305 e. The average molecular weight is 274 g/mol. The Kier molecular flexibility index (Phi) is 5.22. The predicted octanol–water partition coefficient (Wildman–Crippen LogP) is 3.77. The molecule has 2 rings (SSSR count). The van der Waals surface area contributed by atoms with Crippen LogP contribution in [0.3, 0.4) is 0 Å². The number of piperazine rings is 1. The molecule has 0 saturated carbocycles. The molecular weight excluding hydrogens is 244 g/mol. The minimum absolute atomic E-state index is 0.0776. The first kappa shape index (κ1) is 15.5. The summed E-state index contributed by atoms with van der Waals surface area (Å²) < 4.78 is 0. The van der Waals surface area contributed by atoms with Crippen LogP contribution in [0.4, 0.5) is 0 Å². The van der Waals surface area contributed by atoms with E-state index in [0.717, 1.165) is 13.1 Å². The monoisotopic (exact) mass is 274 g/mol. The lowest BCUT2D eigenvalue weighted by atomic mass is 9.87. The second-order valence-corrected chi connectivity index (χ2v) is 6.59. The normalized spacial score (nSPS) is 29.3. The summed E-state index contributed by atoms with van der Waals surface area (Å²) >= 11 is 0. The van der Waals surface area contributed by atoms with Crippen LogP contribution < -0.4 is 5.32 Å². The largest absolute Gasteiger partial charge is 0.305 e. The first-order valence-corrected chi connectivity index (χ1v) is 8.13. The topological polar surface area (TPSA) is 15.3 Å². The molecule has 0 bridgehead atoms. The number of hydrogen-bond donors (Lipinski definition) is 1. The van der Waals surface area contributed by atoms with E-state index in [1.165, 1.54) is 24.8 Å². The van der Waals surface area contributed by atoms with E-state index in [9.17, 15) is 0 Å². The van der Waals surface area contributed by atoms with Crippen LogP contribution in [-0.2, 0) is 5.54 Å². The maximum absolute atomic E-state index is 3.76. The highest BCUT2D eigenvalue weighted by atomic mass is 15.3. The number of benzene rings is 1. The van der Waals surface area contributed by atoms with Crippen molar-refractivity contribution >= 4 is 0 Å². The third kappa shape index (κ3) is 3.42. The number of nitrogens with zero attached hydrogens (tertiary/aromatic N) is 1. The van der Waals surface area contributed by atoms with E-state index >= 15 is 0 Å². The Hall–Kier alpha value is -0.860. The molecule has 0 aromatic heterocycles. The molecule has 0 amide bonds. The summed E-state index contributed by atoms with van der Waals surface area (Å²) in [6.07, 6.45) is 3.94. The van der Waals surface area contributed by atoms with Crippen LogP contribution in [0.1, 0.15) is 52.5 Å². The Bertz CT molecular complexity index is 403. The number of nitrogens with one attached hydrogen (secondary N) is 1.